The molecule has 1 N–H and O–H groups in total. The standard InChI is InChI=1S/C22H21ClF3N3O2/c1-5-17(20(30)27-14-7-6-11(2)15(23)10-14)29-18-9-13(4)12(3)8-16(18)28-19(21(29)31)22(24,25)26/h6-10,17H,5H2,1-4H3,(H,27,30)/t17-/m0/s1. The molecule has 1 amide bonds. The maximum atomic E-state index is 13.5. The van der Waals surface area contributed by atoms with Gasteiger partial charge < -0.3 is 5.32 Å². The molecule has 0 saturated carbocycles. The van der Waals surface area contributed by atoms with Gasteiger partial charge in [0.25, 0.3) is 5.56 Å². The third kappa shape index (κ3) is 4.44. The van der Waals surface area contributed by atoms with Gasteiger partial charge in [0.05, 0.1) is 11.0 Å². The van der Waals surface area contributed by atoms with Crippen LogP contribution in [0.1, 0.15) is 41.8 Å². The number of rotatable bonds is 4. The van der Waals surface area contributed by atoms with Crippen LogP contribution in [-0.2, 0) is 11.0 Å². The third-order valence-corrected chi connectivity index (χ3v) is 5.62. The number of alkyl halides is 3. The molecule has 9 heteroatoms. The van der Waals surface area contributed by atoms with Crippen molar-refractivity contribution < 1.29 is 18.0 Å². The maximum absolute atomic E-state index is 13.5. The lowest BCUT2D eigenvalue weighted by atomic mass is 10.1. The monoisotopic (exact) mass is 451 g/mol. The minimum Gasteiger partial charge on any atom is -0.324 e. The van der Waals surface area contributed by atoms with Gasteiger partial charge in [0.1, 0.15) is 6.04 Å². The highest BCUT2D eigenvalue weighted by Gasteiger charge is 2.38. The SMILES string of the molecule is CC[C@@H](C(=O)Nc1ccc(C)c(Cl)c1)n1c(=O)c(C(F)(F)F)nc2cc(C)c(C)cc21. The summed E-state index contributed by atoms with van der Waals surface area (Å²) < 4.78 is 41.5. The first-order valence-electron chi connectivity index (χ1n) is 9.61. The van der Waals surface area contributed by atoms with Crippen molar-refractivity contribution in [3.8, 4) is 0 Å². The van der Waals surface area contributed by atoms with Gasteiger partial charge in [-0.25, -0.2) is 4.98 Å². The molecule has 2 aromatic carbocycles. The normalized spacial score (nSPS) is 12.8. The molecule has 3 rings (SSSR count). The first-order chi connectivity index (χ1) is 14.4. The van der Waals surface area contributed by atoms with Gasteiger partial charge in [-0.05, 0) is 68.1 Å². The van der Waals surface area contributed by atoms with Crippen LogP contribution in [-0.4, -0.2) is 15.5 Å². The van der Waals surface area contributed by atoms with E-state index in [0.717, 1.165) is 21.3 Å². The van der Waals surface area contributed by atoms with E-state index >= 15 is 0 Å². The summed E-state index contributed by atoms with van der Waals surface area (Å²) in [6.45, 7) is 6.94. The van der Waals surface area contributed by atoms with Crippen molar-refractivity contribution in [2.24, 2.45) is 0 Å². The summed E-state index contributed by atoms with van der Waals surface area (Å²) in [5.41, 5.74) is -0.0464. The van der Waals surface area contributed by atoms with E-state index in [2.05, 4.69) is 10.3 Å². The number of hydrogen-bond acceptors (Lipinski definition) is 3. The summed E-state index contributed by atoms with van der Waals surface area (Å²) in [7, 11) is 0. The van der Waals surface area contributed by atoms with Crippen LogP contribution in [0.2, 0.25) is 5.02 Å². The second kappa shape index (κ2) is 8.34. The molecule has 1 atom stereocenters. The van der Waals surface area contributed by atoms with Crippen LogP contribution in [0.3, 0.4) is 0 Å². The number of aromatic nitrogens is 2. The number of nitrogens with zero attached hydrogens (tertiary/aromatic N) is 2. The summed E-state index contributed by atoms with van der Waals surface area (Å²) in [6, 6.07) is 6.78. The zero-order valence-corrected chi connectivity index (χ0v) is 18.1. The predicted octanol–water partition coefficient (Wildman–Crippen LogP) is 5.58. The van der Waals surface area contributed by atoms with Crippen molar-refractivity contribution in [3.63, 3.8) is 0 Å². The summed E-state index contributed by atoms with van der Waals surface area (Å²) in [5, 5.41) is 3.08. The fourth-order valence-electron chi connectivity index (χ4n) is 3.34. The lowest BCUT2D eigenvalue weighted by Gasteiger charge is -2.22. The third-order valence-electron chi connectivity index (χ3n) is 5.21. The van der Waals surface area contributed by atoms with E-state index in [-0.39, 0.29) is 17.5 Å². The first-order valence-corrected chi connectivity index (χ1v) is 9.99. The average molecular weight is 452 g/mol. The van der Waals surface area contributed by atoms with E-state index in [4.69, 9.17) is 11.6 Å². The molecule has 0 bridgehead atoms. The predicted molar refractivity (Wildman–Crippen MR) is 115 cm³/mol. The molecule has 31 heavy (non-hydrogen) atoms. The number of anilines is 1. The fourth-order valence-corrected chi connectivity index (χ4v) is 3.52. The molecule has 1 aromatic heterocycles. The molecule has 0 fully saturated rings. The number of amides is 1. The summed E-state index contributed by atoms with van der Waals surface area (Å²) >= 11 is 6.09. The van der Waals surface area contributed by atoms with Gasteiger partial charge in [0, 0.05) is 10.7 Å². The lowest BCUT2D eigenvalue weighted by Crippen LogP contribution is -2.37. The van der Waals surface area contributed by atoms with Gasteiger partial charge in [-0.15, -0.1) is 0 Å². The van der Waals surface area contributed by atoms with Gasteiger partial charge in [0.15, 0.2) is 0 Å². The number of halogens is 4. The van der Waals surface area contributed by atoms with Crippen LogP contribution >= 0.6 is 11.6 Å². The largest absolute Gasteiger partial charge is 0.438 e. The fraction of sp³-hybridized carbons (Fsp3) is 0.318. The molecule has 0 aliphatic carbocycles. The zero-order valence-electron chi connectivity index (χ0n) is 17.4. The van der Waals surface area contributed by atoms with Crippen molar-refractivity contribution in [2.45, 2.75) is 46.3 Å². The highest BCUT2D eigenvalue weighted by molar-refractivity contribution is 6.31. The number of nitrogens with one attached hydrogen (secondary N) is 1. The molecular weight excluding hydrogens is 431 g/mol. The van der Waals surface area contributed by atoms with E-state index in [9.17, 15) is 22.8 Å². The van der Waals surface area contributed by atoms with Crippen molar-refractivity contribution in [3.05, 3.63) is 68.1 Å². The molecule has 0 aliphatic heterocycles. The molecule has 3 aromatic rings. The van der Waals surface area contributed by atoms with Gasteiger partial charge in [-0.1, -0.05) is 24.6 Å². The molecule has 0 radical (unpaired) electrons. The Hall–Kier alpha value is -2.87. The molecule has 0 aliphatic rings. The maximum Gasteiger partial charge on any atom is 0.438 e. The Balaban J connectivity index is 2.20. The molecule has 0 spiro atoms. The Morgan fingerprint density at radius 2 is 1.77 bits per heavy atom. The molecule has 5 nitrogen and oxygen atoms in total. The van der Waals surface area contributed by atoms with Crippen molar-refractivity contribution in [1.82, 2.24) is 9.55 Å². The van der Waals surface area contributed by atoms with Gasteiger partial charge in [-0.2, -0.15) is 13.2 Å². The highest BCUT2D eigenvalue weighted by Crippen LogP contribution is 2.29. The van der Waals surface area contributed by atoms with Crippen molar-refractivity contribution >= 4 is 34.2 Å². The van der Waals surface area contributed by atoms with E-state index in [0.29, 0.717) is 10.7 Å². The summed E-state index contributed by atoms with van der Waals surface area (Å²) in [6.07, 6.45) is -4.86. The number of carbonyl (C=O) groups is 1. The average Bonchev–Trinajstić information content (AvgIpc) is 2.67. The zero-order chi connectivity index (χ0) is 23.1. The summed E-state index contributed by atoms with van der Waals surface area (Å²) in [4.78, 5) is 29.5. The Morgan fingerprint density at radius 3 is 2.35 bits per heavy atom. The van der Waals surface area contributed by atoms with Crippen molar-refractivity contribution in [2.75, 3.05) is 5.32 Å². The Labute approximate surface area is 181 Å². The smallest absolute Gasteiger partial charge is 0.324 e. The van der Waals surface area contributed by atoms with Crippen LogP contribution in [0.5, 0.6) is 0 Å². The van der Waals surface area contributed by atoms with E-state index < -0.39 is 29.4 Å². The number of benzene rings is 2. The topological polar surface area (TPSA) is 64.0 Å². The number of carbonyl (C=O) groups excluding carboxylic acids is 1. The summed E-state index contributed by atoms with van der Waals surface area (Å²) in [5.74, 6) is -0.622. The Kier molecular flexibility index (Phi) is 6.14. The van der Waals surface area contributed by atoms with Crippen LogP contribution in [0.4, 0.5) is 18.9 Å². The van der Waals surface area contributed by atoms with Gasteiger partial charge >= 0.3 is 6.18 Å². The Morgan fingerprint density at radius 1 is 1.13 bits per heavy atom. The van der Waals surface area contributed by atoms with E-state index in [1.165, 1.54) is 6.07 Å². The van der Waals surface area contributed by atoms with E-state index in [1.807, 2.05) is 0 Å². The van der Waals surface area contributed by atoms with Gasteiger partial charge in [-0.3, -0.25) is 14.2 Å². The van der Waals surface area contributed by atoms with Crippen LogP contribution in [0, 0.1) is 20.8 Å². The lowest BCUT2D eigenvalue weighted by molar-refractivity contribution is -0.142. The minimum atomic E-state index is -4.95. The molecule has 0 unspecified atom stereocenters. The van der Waals surface area contributed by atoms with Crippen LogP contribution < -0.4 is 10.9 Å². The number of hydrogen-bond donors (Lipinski definition) is 1. The molecular formula is C22H21ClF3N3O2. The van der Waals surface area contributed by atoms with Gasteiger partial charge in [0.2, 0.25) is 11.6 Å². The number of aryl methyl sites for hydroxylation is 3. The van der Waals surface area contributed by atoms with Crippen molar-refractivity contribution in [1.29, 1.82) is 0 Å². The highest BCUT2D eigenvalue weighted by atomic mass is 35.5. The van der Waals surface area contributed by atoms with Crippen LogP contribution in [0.15, 0.2) is 35.1 Å². The first kappa shape index (κ1) is 22.8. The quantitative estimate of drug-likeness (QED) is 0.563. The molecule has 0 saturated heterocycles. The second-order valence-corrected chi connectivity index (χ2v) is 7.84. The minimum absolute atomic E-state index is 0.000319. The number of fused-ring (bicyclic) bond motifs is 1. The Bertz CT molecular complexity index is 1240. The van der Waals surface area contributed by atoms with E-state index in [1.54, 1.807) is 52.0 Å². The van der Waals surface area contributed by atoms with Crippen LogP contribution in [0.25, 0.3) is 11.0 Å². The molecule has 164 valence electrons. The molecule has 1 heterocycles. The second-order valence-electron chi connectivity index (χ2n) is 7.44.